The molecule has 0 unspecified atom stereocenters. The minimum Gasteiger partial charge on any atom is -0.494 e. The lowest BCUT2D eigenvalue weighted by Crippen LogP contribution is -2.46. The number of urea groups is 1. The van der Waals surface area contributed by atoms with Crippen molar-refractivity contribution < 1.29 is 41.0 Å². The molecule has 1 atom stereocenters. The number of halogens is 5. The van der Waals surface area contributed by atoms with E-state index in [0.29, 0.717) is 17.9 Å². The fourth-order valence-corrected chi connectivity index (χ4v) is 2.51. The number of nitrogens with one attached hydrogen (secondary N) is 2. The molecule has 1 heterocycles. The van der Waals surface area contributed by atoms with Gasteiger partial charge in [0, 0.05) is 5.70 Å². The molecule has 0 aliphatic carbocycles. The Balaban J connectivity index is 2.24. The monoisotopic (exact) mass is 422 g/mol. The lowest BCUT2D eigenvalue weighted by Gasteiger charge is -2.28. The van der Waals surface area contributed by atoms with Gasteiger partial charge in [0.2, 0.25) is 0 Å². The number of alkyl halides is 5. The molecule has 0 fully saturated rings. The first-order chi connectivity index (χ1) is 13.5. The first kappa shape index (κ1) is 22.4. The average Bonchev–Trinajstić information content (AvgIpc) is 2.63. The summed E-state index contributed by atoms with van der Waals surface area (Å²) in [6.07, 6.45) is -5.07. The third kappa shape index (κ3) is 5.36. The van der Waals surface area contributed by atoms with E-state index in [1.807, 2.05) is 6.92 Å². The highest BCUT2D eigenvalue weighted by molar-refractivity contribution is 5.95. The van der Waals surface area contributed by atoms with Gasteiger partial charge in [0.1, 0.15) is 5.75 Å². The molecule has 29 heavy (non-hydrogen) atoms. The second-order valence-electron chi connectivity index (χ2n) is 6.27. The zero-order valence-corrected chi connectivity index (χ0v) is 15.5. The van der Waals surface area contributed by atoms with Gasteiger partial charge in [-0.1, -0.05) is 19.1 Å². The number of esters is 1. The predicted molar refractivity (Wildman–Crippen MR) is 91.3 cm³/mol. The molecule has 160 valence electrons. The quantitative estimate of drug-likeness (QED) is 0.517. The summed E-state index contributed by atoms with van der Waals surface area (Å²) in [5.74, 6) is -6.07. The SMILES string of the molecule is CCCOc1ccc([C@@H]2NC(=O)NC(C)=C2C(=O)OCC(F)(F)C(F)(F)F)cc1. The van der Waals surface area contributed by atoms with Gasteiger partial charge in [-0.25, -0.2) is 9.59 Å². The number of hydrogen-bond acceptors (Lipinski definition) is 4. The summed E-state index contributed by atoms with van der Waals surface area (Å²) >= 11 is 0. The van der Waals surface area contributed by atoms with E-state index in [2.05, 4.69) is 15.4 Å². The van der Waals surface area contributed by atoms with Crippen molar-refractivity contribution >= 4 is 12.0 Å². The van der Waals surface area contributed by atoms with Gasteiger partial charge in [-0.3, -0.25) is 0 Å². The van der Waals surface area contributed by atoms with Gasteiger partial charge in [0.05, 0.1) is 18.2 Å². The lowest BCUT2D eigenvalue weighted by atomic mass is 9.95. The van der Waals surface area contributed by atoms with E-state index in [4.69, 9.17) is 4.74 Å². The fourth-order valence-electron chi connectivity index (χ4n) is 2.51. The molecule has 2 rings (SSSR count). The van der Waals surface area contributed by atoms with Gasteiger partial charge in [0.25, 0.3) is 0 Å². The van der Waals surface area contributed by atoms with Crippen LogP contribution in [-0.4, -0.2) is 37.3 Å². The Labute approximate surface area is 163 Å². The summed E-state index contributed by atoms with van der Waals surface area (Å²) in [5.41, 5.74) is 0.0766. The molecule has 2 amide bonds. The third-order valence-electron chi connectivity index (χ3n) is 3.97. The maximum Gasteiger partial charge on any atom is 0.456 e. The summed E-state index contributed by atoms with van der Waals surface area (Å²) in [6.45, 7) is 1.54. The lowest BCUT2D eigenvalue weighted by molar-refractivity contribution is -0.293. The topological polar surface area (TPSA) is 76.7 Å². The van der Waals surface area contributed by atoms with Gasteiger partial charge in [-0.2, -0.15) is 22.0 Å². The maximum atomic E-state index is 13.1. The average molecular weight is 422 g/mol. The van der Waals surface area contributed by atoms with Crippen LogP contribution in [-0.2, 0) is 9.53 Å². The largest absolute Gasteiger partial charge is 0.494 e. The zero-order chi connectivity index (χ0) is 21.8. The van der Waals surface area contributed by atoms with Gasteiger partial charge < -0.3 is 20.1 Å². The number of hydrogen-bond donors (Lipinski definition) is 2. The minimum absolute atomic E-state index is 0.0228. The van der Waals surface area contributed by atoms with Crippen molar-refractivity contribution in [2.24, 2.45) is 0 Å². The van der Waals surface area contributed by atoms with Crippen LogP contribution >= 0.6 is 0 Å². The summed E-state index contributed by atoms with van der Waals surface area (Å²) in [7, 11) is 0. The van der Waals surface area contributed by atoms with E-state index in [9.17, 15) is 31.5 Å². The molecular formula is C18H19F5N2O4. The van der Waals surface area contributed by atoms with Crippen LogP contribution in [0.3, 0.4) is 0 Å². The van der Waals surface area contributed by atoms with Gasteiger partial charge in [-0.05, 0) is 31.0 Å². The molecule has 1 aromatic carbocycles. The molecule has 1 aliphatic rings. The molecule has 0 saturated heterocycles. The van der Waals surface area contributed by atoms with Crippen molar-refractivity contribution in [1.82, 2.24) is 10.6 Å². The summed E-state index contributed by atoms with van der Waals surface area (Å²) < 4.78 is 72.6. The van der Waals surface area contributed by atoms with Crippen molar-refractivity contribution in [2.45, 2.75) is 38.4 Å². The van der Waals surface area contributed by atoms with E-state index < -0.39 is 36.7 Å². The summed E-state index contributed by atoms with van der Waals surface area (Å²) in [4.78, 5) is 24.1. The molecule has 2 N–H and O–H groups in total. The molecule has 11 heteroatoms. The molecule has 0 bridgehead atoms. The van der Waals surface area contributed by atoms with E-state index in [0.717, 1.165) is 6.42 Å². The Kier molecular flexibility index (Phi) is 6.70. The van der Waals surface area contributed by atoms with Crippen molar-refractivity contribution in [1.29, 1.82) is 0 Å². The Bertz CT molecular complexity index is 790. The van der Waals surface area contributed by atoms with Crippen molar-refractivity contribution in [3.8, 4) is 5.75 Å². The standard InChI is InChI=1S/C18H19F5N2O4/c1-3-8-28-12-6-4-11(5-7-12)14-13(10(2)24-16(27)25-14)15(26)29-9-17(19,20)18(21,22)23/h4-7,14H,3,8-9H2,1-2H3,(H2,24,25,27)/t14-/m0/s1. The highest BCUT2D eigenvalue weighted by atomic mass is 19.4. The molecular weight excluding hydrogens is 403 g/mol. The minimum atomic E-state index is -5.86. The number of carbonyl (C=O) groups excluding carboxylic acids is 2. The second-order valence-corrected chi connectivity index (χ2v) is 6.27. The molecule has 0 aromatic heterocycles. The third-order valence-corrected chi connectivity index (χ3v) is 3.97. The molecule has 1 aliphatic heterocycles. The maximum absolute atomic E-state index is 13.1. The molecule has 0 radical (unpaired) electrons. The van der Waals surface area contributed by atoms with E-state index in [-0.39, 0.29) is 11.3 Å². The highest BCUT2D eigenvalue weighted by Crippen LogP contribution is 2.36. The fraction of sp³-hybridized carbons (Fsp3) is 0.444. The second kappa shape index (κ2) is 8.66. The normalized spacial score (nSPS) is 17.5. The first-order valence-corrected chi connectivity index (χ1v) is 8.59. The zero-order valence-electron chi connectivity index (χ0n) is 15.5. The van der Waals surface area contributed by atoms with E-state index in [1.54, 1.807) is 12.1 Å². The van der Waals surface area contributed by atoms with E-state index in [1.165, 1.54) is 19.1 Å². The van der Waals surface area contributed by atoms with Crippen LogP contribution in [0.5, 0.6) is 5.75 Å². The van der Waals surface area contributed by atoms with Gasteiger partial charge >= 0.3 is 24.1 Å². The molecule has 0 saturated carbocycles. The van der Waals surface area contributed by atoms with Crippen LogP contribution in [0.15, 0.2) is 35.5 Å². The first-order valence-electron chi connectivity index (χ1n) is 8.59. The summed E-state index contributed by atoms with van der Waals surface area (Å²) in [6, 6.07) is 4.45. The molecule has 0 spiro atoms. The number of ether oxygens (including phenoxy) is 2. The Hall–Kier alpha value is -2.85. The number of rotatable bonds is 7. The Morgan fingerprint density at radius 3 is 2.31 bits per heavy atom. The van der Waals surface area contributed by atoms with Crippen LogP contribution in [0.4, 0.5) is 26.7 Å². The molecule has 1 aromatic rings. The van der Waals surface area contributed by atoms with Crippen molar-refractivity contribution in [2.75, 3.05) is 13.2 Å². The van der Waals surface area contributed by atoms with Crippen LogP contribution in [0.1, 0.15) is 31.9 Å². The number of amides is 2. The van der Waals surface area contributed by atoms with Crippen molar-refractivity contribution in [3.05, 3.63) is 41.1 Å². The van der Waals surface area contributed by atoms with Crippen LogP contribution in [0, 0.1) is 0 Å². The van der Waals surface area contributed by atoms with Crippen LogP contribution in [0.25, 0.3) is 0 Å². The highest BCUT2D eigenvalue weighted by Gasteiger charge is 2.58. The smallest absolute Gasteiger partial charge is 0.456 e. The molecule has 6 nitrogen and oxygen atoms in total. The number of benzene rings is 1. The predicted octanol–water partition coefficient (Wildman–Crippen LogP) is 3.84. The number of allylic oxidation sites excluding steroid dienone is 1. The number of carbonyl (C=O) groups is 2. The van der Waals surface area contributed by atoms with Crippen LogP contribution in [0.2, 0.25) is 0 Å². The van der Waals surface area contributed by atoms with Crippen LogP contribution < -0.4 is 15.4 Å². The summed E-state index contributed by atoms with van der Waals surface area (Å²) in [5, 5.41) is 4.70. The van der Waals surface area contributed by atoms with E-state index >= 15 is 0 Å². The Morgan fingerprint density at radius 2 is 1.76 bits per heavy atom. The Morgan fingerprint density at radius 1 is 1.14 bits per heavy atom. The van der Waals surface area contributed by atoms with Crippen molar-refractivity contribution in [3.63, 3.8) is 0 Å². The van der Waals surface area contributed by atoms with Gasteiger partial charge in [-0.15, -0.1) is 0 Å². The van der Waals surface area contributed by atoms with Gasteiger partial charge in [0.15, 0.2) is 6.61 Å².